The molecule has 19 heavy (non-hydrogen) atoms. The fraction of sp³-hybridized carbons (Fsp3) is 0.538. The molecule has 108 valence electrons. The van der Waals surface area contributed by atoms with Gasteiger partial charge < -0.3 is 10.5 Å². The number of hydrogen-bond acceptors (Lipinski definition) is 4. The molecule has 1 rings (SSSR count). The van der Waals surface area contributed by atoms with Crippen molar-refractivity contribution in [2.24, 2.45) is 11.1 Å². The summed E-state index contributed by atoms with van der Waals surface area (Å²) in [5.41, 5.74) is 5.40. The Hall–Kier alpha value is -1.11. The number of nitrogens with one attached hydrogen (secondary N) is 1. The molecule has 1 aromatic carbocycles. The van der Waals surface area contributed by atoms with Crippen LogP contribution in [0, 0.1) is 5.41 Å². The van der Waals surface area contributed by atoms with Crippen LogP contribution < -0.4 is 15.2 Å². The van der Waals surface area contributed by atoms with Gasteiger partial charge in [0.15, 0.2) is 0 Å². The fourth-order valence-electron chi connectivity index (χ4n) is 1.67. The van der Waals surface area contributed by atoms with Gasteiger partial charge in [-0.25, -0.2) is 13.1 Å². The molecule has 0 aliphatic rings. The summed E-state index contributed by atoms with van der Waals surface area (Å²) in [7, 11) is -2.21. The minimum Gasteiger partial charge on any atom is -0.495 e. The molecule has 0 amide bonds. The van der Waals surface area contributed by atoms with Gasteiger partial charge in [-0.1, -0.05) is 32.9 Å². The zero-order valence-corrected chi connectivity index (χ0v) is 12.6. The van der Waals surface area contributed by atoms with Gasteiger partial charge in [0.05, 0.1) is 7.11 Å². The van der Waals surface area contributed by atoms with Crippen LogP contribution in [0.3, 0.4) is 0 Å². The zero-order chi connectivity index (χ0) is 14.7. The molecule has 0 bridgehead atoms. The molecule has 0 heterocycles. The highest BCUT2D eigenvalue weighted by Crippen LogP contribution is 2.25. The van der Waals surface area contributed by atoms with E-state index in [0.29, 0.717) is 5.75 Å². The summed E-state index contributed by atoms with van der Waals surface area (Å²) in [4.78, 5) is 0.125. The van der Waals surface area contributed by atoms with Crippen LogP contribution in [0.4, 0.5) is 0 Å². The van der Waals surface area contributed by atoms with Gasteiger partial charge in [0.1, 0.15) is 10.6 Å². The van der Waals surface area contributed by atoms with Crippen LogP contribution in [0.5, 0.6) is 5.75 Å². The van der Waals surface area contributed by atoms with Gasteiger partial charge in [-0.3, -0.25) is 0 Å². The predicted octanol–water partition coefficient (Wildman–Crippen LogP) is 1.35. The molecule has 0 fully saturated rings. The molecular weight excluding hydrogens is 264 g/mol. The Morgan fingerprint density at radius 2 is 1.89 bits per heavy atom. The quantitative estimate of drug-likeness (QED) is 0.856. The third kappa shape index (κ3) is 3.92. The lowest BCUT2D eigenvalue weighted by Crippen LogP contribution is -2.48. The number of benzene rings is 1. The third-order valence-corrected chi connectivity index (χ3v) is 4.45. The molecule has 0 saturated heterocycles. The molecule has 0 aliphatic heterocycles. The Morgan fingerprint density at radius 3 is 2.37 bits per heavy atom. The largest absolute Gasteiger partial charge is 0.495 e. The molecule has 1 atom stereocenters. The topological polar surface area (TPSA) is 81.4 Å². The van der Waals surface area contributed by atoms with E-state index in [0.717, 1.165) is 0 Å². The van der Waals surface area contributed by atoms with E-state index in [1.54, 1.807) is 18.2 Å². The van der Waals surface area contributed by atoms with Crippen LogP contribution in [-0.2, 0) is 10.0 Å². The predicted molar refractivity (Wildman–Crippen MR) is 75.6 cm³/mol. The summed E-state index contributed by atoms with van der Waals surface area (Å²) in [5.74, 6) is 0.319. The standard InChI is InChI=1S/C13H22N2O3S/c1-13(2,3)12(9-14)15-19(16,17)11-8-6-5-7-10(11)18-4/h5-8,12,15H,9,14H2,1-4H3. The average molecular weight is 286 g/mol. The average Bonchev–Trinajstić information content (AvgIpc) is 2.34. The maximum absolute atomic E-state index is 12.4. The zero-order valence-electron chi connectivity index (χ0n) is 11.8. The lowest BCUT2D eigenvalue weighted by Gasteiger charge is -2.30. The van der Waals surface area contributed by atoms with Crippen LogP contribution in [0.2, 0.25) is 0 Å². The highest BCUT2D eigenvalue weighted by molar-refractivity contribution is 7.89. The van der Waals surface area contributed by atoms with E-state index in [4.69, 9.17) is 10.5 Å². The van der Waals surface area contributed by atoms with Gasteiger partial charge in [-0.05, 0) is 17.5 Å². The lowest BCUT2D eigenvalue weighted by atomic mass is 9.88. The van der Waals surface area contributed by atoms with E-state index in [1.807, 2.05) is 20.8 Å². The highest BCUT2D eigenvalue weighted by Gasteiger charge is 2.29. The number of methoxy groups -OCH3 is 1. The number of nitrogens with two attached hydrogens (primary N) is 1. The smallest absolute Gasteiger partial charge is 0.244 e. The van der Waals surface area contributed by atoms with Crippen molar-refractivity contribution in [1.82, 2.24) is 4.72 Å². The van der Waals surface area contributed by atoms with Crippen molar-refractivity contribution in [3.8, 4) is 5.75 Å². The maximum atomic E-state index is 12.4. The minimum absolute atomic E-state index is 0.125. The SMILES string of the molecule is COc1ccccc1S(=O)(=O)NC(CN)C(C)(C)C. The van der Waals surface area contributed by atoms with Gasteiger partial charge in [0, 0.05) is 12.6 Å². The fourth-order valence-corrected chi connectivity index (χ4v) is 3.30. The first-order valence-electron chi connectivity index (χ1n) is 6.08. The molecule has 5 nitrogen and oxygen atoms in total. The van der Waals surface area contributed by atoms with Gasteiger partial charge in [-0.15, -0.1) is 0 Å². The third-order valence-electron chi connectivity index (χ3n) is 2.94. The van der Waals surface area contributed by atoms with E-state index in [-0.39, 0.29) is 22.9 Å². The van der Waals surface area contributed by atoms with E-state index >= 15 is 0 Å². The van der Waals surface area contributed by atoms with Gasteiger partial charge in [0.25, 0.3) is 0 Å². The van der Waals surface area contributed by atoms with Crippen molar-refractivity contribution >= 4 is 10.0 Å². The first-order valence-corrected chi connectivity index (χ1v) is 7.56. The summed E-state index contributed by atoms with van der Waals surface area (Å²) in [6.07, 6.45) is 0. The van der Waals surface area contributed by atoms with Crippen LogP contribution in [0.1, 0.15) is 20.8 Å². The number of para-hydroxylation sites is 1. The van der Waals surface area contributed by atoms with Crippen LogP contribution in [-0.4, -0.2) is 28.1 Å². The Balaban J connectivity index is 3.11. The molecule has 0 aliphatic carbocycles. The van der Waals surface area contributed by atoms with E-state index in [2.05, 4.69) is 4.72 Å². The second kappa shape index (κ2) is 5.90. The first kappa shape index (κ1) is 15.9. The summed E-state index contributed by atoms with van der Waals surface area (Å²) in [6, 6.07) is 6.16. The van der Waals surface area contributed by atoms with Gasteiger partial charge in [-0.2, -0.15) is 0 Å². The molecule has 0 radical (unpaired) electrons. The van der Waals surface area contributed by atoms with Crippen molar-refractivity contribution < 1.29 is 13.2 Å². The lowest BCUT2D eigenvalue weighted by molar-refractivity contribution is 0.304. The number of rotatable bonds is 5. The minimum atomic E-state index is -3.65. The Morgan fingerprint density at radius 1 is 1.32 bits per heavy atom. The second-order valence-electron chi connectivity index (χ2n) is 5.43. The molecule has 0 aromatic heterocycles. The first-order chi connectivity index (χ1) is 8.72. The molecule has 1 unspecified atom stereocenters. The summed E-state index contributed by atoms with van der Waals surface area (Å²) in [6.45, 7) is 6.05. The molecule has 0 spiro atoms. The molecule has 3 N–H and O–H groups in total. The van der Waals surface area contributed by atoms with Crippen molar-refractivity contribution in [1.29, 1.82) is 0 Å². The van der Waals surface area contributed by atoms with Gasteiger partial charge >= 0.3 is 0 Å². The summed E-state index contributed by atoms with van der Waals surface area (Å²) < 4.78 is 32.5. The number of ether oxygens (including phenoxy) is 1. The van der Waals surface area contributed by atoms with Crippen LogP contribution in [0.25, 0.3) is 0 Å². The van der Waals surface area contributed by atoms with Crippen LogP contribution >= 0.6 is 0 Å². The number of sulfonamides is 1. The van der Waals surface area contributed by atoms with E-state index in [1.165, 1.54) is 13.2 Å². The normalized spacial score (nSPS) is 14.2. The molecule has 0 saturated carbocycles. The summed E-state index contributed by atoms with van der Waals surface area (Å²) >= 11 is 0. The summed E-state index contributed by atoms with van der Waals surface area (Å²) in [5, 5.41) is 0. The van der Waals surface area contributed by atoms with Crippen LogP contribution in [0.15, 0.2) is 29.2 Å². The van der Waals surface area contributed by atoms with Crippen molar-refractivity contribution in [2.75, 3.05) is 13.7 Å². The van der Waals surface area contributed by atoms with Gasteiger partial charge in [0.2, 0.25) is 10.0 Å². The number of hydrogen-bond donors (Lipinski definition) is 2. The van der Waals surface area contributed by atoms with Crippen molar-refractivity contribution in [2.45, 2.75) is 31.7 Å². The van der Waals surface area contributed by atoms with Crippen molar-refractivity contribution in [3.63, 3.8) is 0 Å². The Labute approximate surface area is 115 Å². The maximum Gasteiger partial charge on any atom is 0.244 e. The highest BCUT2D eigenvalue weighted by atomic mass is 32.2. The Kier molecular flexibility index (Phi) is 4.95. The molecular formula is C13H22N2O3S. The van der Waals surface area contributed by atoms with E-state index < -0.39 is 10.0 Å². The van der Waals surface area contributed by atoms with E-state index in [9.17, 15) is 8.42 Å². The second-order valence-corrected chi connectivity index (χ2v) is 7.11. The van der Waals surface area contributed by atoms with Crippen molar-refractivity contribution in [3.05, 3.63) is 24.3 Å². The molecule has 6 heteroatoms. The monoisotopic (exact) mass is 286 g/mol. The Bertz CT molecular complexity index is 521. The molecule has 1 aromatic rings.